The summed E-state index contributed by atoms with van der Waals surface area (Å²) >= 11 is 0. The van der Waals surface area contributed by atoms with Crippen LogP contribution >= 0.6 is 0 Å². The van der Waals surface area contributed by atoms with Crippen molar-refractivity contribution >= 4 is 11.9 Å². The van der Waals surface area contributed by atoms with Gasteiger partial charge in [-0.1, -0.05) is 0 Å². The first-order valence-corrected chi connectivity index (χ1v) is 5.71. The van der Waals surface area contributed by atoms with Gasteiger partial charge in [0.15, 0.2) is 0 Å². The maximum absolute atomic E-state index is 9.52. The first kappa shape index (κ1) is 12.0. The lowest BCUT2D eigenvalue weighted by molar-refractivity contribution is 0.127. The van der Waals surface area contributed by atoms with Gasteiger partial charge in [-0.2, -0.15) is 15.0 Å². The van der Waals surface area contributed by atoms with Crippen molar-refractivity contribution in [3.8, 4) is 0 Å². The van der Waals surface area contributed by atoms with Crippen LogP contribution in [-0.4, -0.2) is 44.2 Å². The van der Waals surface area contributed by atoms with Crippen LogP contribution in [-0.2, 0) is 6.54 Å². The SMILES string of the molecule is CC(O)C1CCN(Cc2nc(N)nc(N)n2)C1. The van der Waals surface area contributed by atoms with Crippen LogP contribution in [0.2, 0.25) is 0 Å². The van der Waals surface area contributed by atoms with E-state index >= 15 is 0 Å². The minimum atomic E-state index is -0.270. The van der Waals surface area contributed by atoms with Gasteiger partial charge < -0.3 is 16.6 Å². The van der Waals surface area contributed by atoms with Gasteiger partial charge in [0.05, 0.1) is 12.6 Å². The maximum atomic E-state index is 9.52. The van der Waals surface area contributed by atoms with Crippen LogP contribution in [0.4, 0.5) is 11.9 Å². The van der Waals surface area contributed by atoms with E-state index in [1.807, 2.05) is 6.92 Å². The Balaban J connectivity index is 1.98. The molecule has 94 valence electrons. The summed E-state index contributed by atoms with van der Waals surface area (Å²) in [6.07, 6.45) is 0.724. The van der Waals surface area contributed by atoms with Gasteiger partial charge in [-0.25, -0.2) is 0 Å². The summed E-state index contributed by atoms with van der Waals surface area (Å²) in [7, 11) is 0. The lowest BCUT2D eigenvalue weighted by Gasteiger charge is -2.16. The highest BCUT2D eigenvalue weighted by Crippen LogP contribution is 2.20. The third-order valence-corrected chi connectivity index (χ3v) is 3.07. The van der Waals surface area contributed by atoms with Crippen molar-refractivity contribution in [1.82, 2.24) is 19.9 Å². The summed E-state index contributed by atoms with van der Waals surface area (Å²) in [6, 6.07) is 0. The molecule has 7 heteroatoms. The Labute approximate surface area is 99.9 Å². The smallest absolute Gasteiger partial charge is 0.225 e. The fraction of sp³-hybridized carbons (Fsp3) is 0.700. The van der Waals surface area contributed by atoms with E-state index in [1.165, 1.54) is 0 Å². The molecular weight excluding hydrogens is 220 g/mol. The van der Waals surface area contributed by atoms with E-state index < -0.39 is 0 Å². The molecule has 0 spiro atoms. The molecule has 2 heterocycles. The Morgan fingerprint density at radius 1 is 1.35 bits per heavy atom. The topological polar surface area (TPSA) is 114 Å². The third-order valence-electron chi connectivity index (χ3n) is 3.07. The zero-order chi connectivity index (χ0) is 12.4. The third kappa shape index (κ3) is 3.01. The number of nitrogen functional groups attached to an aromatic ring is 2. The quantitative estimate of drug-likeness (QED) is 0.634. The summed E-state index contributed by atoms with van der Waals surface area (Å²) in [6.45, 7) is 4.21. The van der Waals surface area contributed by atoms with Gasteiger partial charge in [0.1, 0.15) is 5.82 Å². The predicted molar refractivity (Wildman–Crippen MR) is 63.7 cm³/mol. The highest BCUT2D eigenvalue weighted by atomic mass is 16.3. The van der Waals surface area contributed by atoms with Crippen LogP contribution < -0.4 is 11.5 Å². The van der Waals surface area contributed by atoms with Crippen molar-refractivity contribution in [2.75, 3.05) is 24.6 Å². The molecule has 1 aliphatic rings. The fourth-order valence-corrected chi connectivity index (χ4v) is 2.13. The molecule has 2 rings (SSSR count). The van der Waals surface area contributed by atoms with E-state index in [2.05, 4.69) is 19.9 Å². The van der Waals surface area contributed by atoms with Crippen molar-refractivity contribution < 1.29 is 5.11 Å². The zero-order valence-electron chi connectivity index (χ0n) is 9.87. The number of aliphatic hydroxyl groups excluding tert-OH is 1. The molecule has 1 aliphatic heterocycles. The van der Waals surface area contributed by atoms with E-state index in [-0.39, 0.29) is 18.0 Å². The van der Waals surface area contributed by atoms with Crippen molar-refractivity contribution in [3.05, 3.63) is 5.82 Å². The standard InChI is InChI=1S/C10H18N6O/c1-6(17)7-2-3-16(4-7)5-8-13-9(11)15-10(12)14-8/h6-7,17H,2-5H2,1H3,(H4,11,12,13,14,15). The second-order valence-corrected chi connectivity index (χ2v) is 4.49. The summed E-state index contributed by atoms with van der Waals surface area (Å²) in [5.41, 5.74) is 11.0. The van der Waals surface area contributed by atoms with E-state index in [0.29, 0.717) is 18.3 Å². The van der Waals surface area contributed by atoms with Crippen LogP contribution in [0.15, 0.2) is 0 Å². The van der Waals surface area contributed by atoms with Crippen molar-refractivity contribution in [1.29, 1.82) is 0 Å². The minimum Gasteiger partial charge on any atom is -0.393 e. The number of hydrogen-bond acceptors (Lipinski definition) is 7. The number of rotatable bonds is 3. The van der Waals surface area contributed by atoms with Crippen molar-refractivity contribution in [2.24, 2.45) is 5.92 Å². The number of hydrogen-bond donors (Lipinski definition) is 3. The molecule has 1 saturated heterocycles. The fourth-order valence-electron chi connectivity index (χ4n) is 2.13. The maximum Gasteiger partial charge on any atom is 0.225 e. The molecule has 5 N–H and O–H groups in total. The molecule has 7 nitrogen and oxygen atoms in total. The van der Waals surface area contributed by atoms with Gasteiger partial charge in [-0.15, -0.1) is 0 Å². The largest absolute Gasteiger partial charge is 0.393 e. The summed E-state index contributed by atoms with van der Waals surface area (Å²) in [5, 5.41) is 9.52. The molecule has 2 unspecified atom stereocenters. The molecule has 0 saturated carbocycles. The minimum absolute atomic E-state index is 0.152. The van der Waals surface area contributed by atoms with E-state index in [4.69, 9.17) is 11.5 Å². The summed E-state index contributed by atoms with van der Waals surface area (Å²) < 4.78 is 0. The van der Waals surface area contributed by atoms with E-state index in [9.17, 15) is 5.11 Å². The van der Waals surface area contributed by atoms with Gasteiger partial charge in [0, 0.05) is 6.54 Å². The Morgan fingerprint density at radius 2 is 2.00 bits per heavy atom. The number of aromatic nitrogens is 3. The molecule has 17 heavy (non-hydrogen) atoms. The van der Waals surface area contributed by atoms with Crippen LogP contribution in [0.5, 0.6) is 0 Å². The Morgan fingerprint density at radius 3 is 2.53 bits per heavy atom. The molecule has 0 radical (unpaired) electrons. The van der Waals surface area contributed by atoms with Gasteiger partial charge in [-0.3, -0.25) is 4.90 Å². The normalized spacial score (nSPS) is 22.8. The molecule has 1 aromatic rings. The van der Waals surface area contributed by atoms with Gasteiger partial charge >= 0.3 is 0 Å². The molecule has 0 aromatic carbocycles. The molecule has 1 aromatic heterocycles. The number of likely N-dealkylation sites (tertiary alicyclic amines) is 1. The molecule has 0 amide bonds. The lowest BCUT2D eigenvalue weighted by Crippen LogP contribution is -2.25. The molecule has 0 aliphatic carbocycles. The number of nitrogens with zero attached hydrogens (tertiary/aromatic N) is 4. The second-order valence-electron chi connectivity index (χ2n) is 4.49. The van der Waals surface area contributed by atoms with Crippen LogP contribution in [0.3, 0.4) is 0 Å². The molecule has 1 fully saturated rings. The first-order chi connectivity index (χ1) is 8.04. The molecule has 2 atom stereocenters. The average molecular weight is 238 g/mol. The van der Waals surface area contributed by atoms with Gasteiger partial charge in [0.25, 0.3) is 0 Å². The second kappa shape index (κ2) is 4.80. The molecular formula is C10H18N6O. The number of aliphatic hydroxyl groups is 1. The highest BCUT2D eigenvalue weighted by Gasteiger charge is 2.26. The monoisotopic (exact) mass is 238 g/mol. The Hall–Kier alpha value is -1.47. The highest BCUT2D eigenvalue weighted by molar-refractivity contribution is 5.25. The zero-order valence-corrected chi connectivity index (χ0v) is 9.87. The Kier molecular flexibility index (Phi) is 3.39. The summed E-state index contributed by atoms with van der Waals surface area (Å²) in [4.78, 5) is 14.0. The van der Waals surface area contributed by atoms with Crippen molar-refractivity contribution in [2.45, 2.75) is 26.0 Å². The Bertz CT molecular complexity index is 376. The first-order valence-electron chi connectivity index (χ1n) is 5.71. The summed E-state index contributed by atoms with van der Waals surface area (Å²) in [5.74, 6) is 1.21. The predicted octanol–water partition coefficient (Wildman–Crippen LogP) is -0.761. The van der Waals surface area contributed by atoms with Crippen LogP contribution in [0.1, 0.15) is 19.2 Å². The van der Waals surface area contributed by atoms with Crippen LogP contribution in [0.25, 0.3) is 0 Å². The number of anilines is 2. The van der Waals surface area contributed by atoms with Crippen LogP contribution in [0, 0.1) is 5.92 Å². The molecule has 0 bridgehead atoms. The lowest BCUT2D eigenvalue weighted by atomic mass is 10.0. The number of nitrogens with two attached hydrogens (primary N) is 2. The average Bonchev–Trinajstić information content (AvgIpc) is 2.64. The van der Waals surface area contributed by atoms with Gasteiger partial charge in [0.2, 0.25) is 11.9 Å². The van der Waals surface area contributed by atoms with Gasteiger partial charge in [-0.05, 0) is 25.8 Å². The van der Waals surface area contributed by atoms with E-state index in [0.717, 1.165) is 19.5 Å². The van der Waals surface area contributed by atoms with Crippen molar-refractivity contribution in [3.63, 3.8) is 0 Å². The van der Waals surface area contributed by atoms with E-state index in [1.54, 1.807) is 0 Å².